The third-order valence-electron chi connectivity index (χ3n) is 4.03. The third-order valence-corrected chi connectivity index (χ3v) is 4.03. The van der Waals surface area contributed by atoms with Gasteiger partial charge in [0.15, 0.2) is 0 Å². The zero-order chi connectivity index (χ0) is 22.7. The van der Waals surface area contributed by atoms with Crippen LogP contribution in [0.2, 0.25) is 0 Å². The molecule has 0 saturated heterocycles. The lowest BCUT2D eigenvalue weighted by atomic mass is 10.1. The van der Waals surface area contributed by atoms with Crippen molar-refractivity contribution >= 4 is 29.2 Å². The van der Waals surface area contributed by atoms with Crippen LogP contribution in [0.1, 0.15) is 31.1 Å². The van der Waals surface area contributed by atoms with Gasteiger partial charge in [-0.3, -0.25) is 9.59 Å². The van der Waals surface area contributed by atoms with Crippen LogP contribution in [0, 0.1) is 0 Å². The molecule has 0 aliphatic heterocycles. The second-order valence-corrected chi connectivity index (χ2v) is 6.49. The van der Waals surface area contributed by atoms with E-state index in [4.69, 9.17) is 0 Å². The molecule has 0 fully saturated rings. The average Bonchev–Trinajstić information content (AvgIpc) is 2.66. The molecule has 3 aromatic rings. The van der Waals surface area contributed by atoms with Gasteiger partial charge < -0.3 is 36.2 Å². The lowest BCUT2D eigenvalue weighted by Crippen LogP contribution is -2.15. The highest BCUT2D eigenvalue weighted by atomic mass is 16.4. The van der Waals surface area contributed by atoms with E-state index in [1.807, 2.05) is 0 Å². The van der Waals surface area contributed by atoms with Crippen LogP contribution in [0.3, 0.4) is 0 Å². The lowest BCUT2D eigenvalue weighted by Gasteiger charge is -2.11. The maximum atomic E-state index is 12.4. The predicted molar refractivity (Wildman–Crippen MR) is 109 cm³/mol. The van der Waals surface area contributed by atoms with Crippen LogP contribution < -0.4 is 10.6 Å². The van der Waals surface area contributed by atoms with Crippen LogP contribution in [-0.2, 0) is 0 Å². The number of carbonyl (C=O) groups is 3. The third kappa shape index (κ3) is 5.21. The summed E-state index contributed by atoms with van der Waals surface area (Å²) in [5, 5.41) is 52.2. The van der Waals surface area contributed by atoms with E-state index < -0.39 is 17.8 Å². The van der Waals surface area contributed by atoms with Crippen LogP contribution in [0.25, 0.3) is 0 Å². The molecule has 7 N–H and O–H groups in total. The number of carbonyl (C=O) groups excluding carboxylic acids is 2. The van der Waals surface area contributed by atoms with Crippen molar-refractivity contribution in [2.24, 2.45) is 0 Å². The number of hydrogen-bond donors (Lipinski definition) is 7. The SMILES string of the molecule is O=C(O)c1cc(NC(=O)c2cc(O)cc(O)c2)cc(NC(=O)c2cc(O)cc(O)c2)c1. The van der Waals surface area contributed by atoms with E-state index in [0.717, 1.165) is 48.5 Å². The van der Waals surface area contributed by atoms with Crippen LogP contribution in [-0.4, -0.2) is 43.3 Å². The number of carboxylic acids is 1. The van der Waals surface area contributed by atoms with Gasteiger partial charge in [-0.1, -0.05) is 0 Å². The van der Waals surface area contributed by atoms with Crippen molar-refractivity contribution < 1.29 is 39.9 Å². The fraction of sp³-hybridized carbons (Fsp3) is 0. The minimum atomic E-state index is -1.32. The summed E-state index contributed by atoms with van der Waals surface area (Å²) in [5.74, 6) is -4.18. The zero-order valence-electron chi connectivity index (χ0n) is 15.7. The average molecular weight is 424 g/mol. The van der Waals surface area contributed by atoms with Gasteiger partial charge in [0.1, 0.15) is 23.0 Å². The molecule has 0 spiro atoms. The maximum Gasteiger partial charge on any atom is 0.335 e. The Morgan fingerprint density at radius 1 is 0.516 bits per heavy atom. The molecule has 3 aromatic carbocycles. The van der Waals surface area contributed by atoms with E-state index >= 15 is 0 Å². The topological polar surface area (TPSA) is 176 Å². The number of rotatable bonds is 5. The number of phenols is 4. The molecule has 10 heteroatoms. The van der Waals surface area contributed by atoms with E-state index in [1.54, 1.807) is 0 Å². The number of amides is 2. The van der Waals surface area contributed by atoms with Crippen LogP contribution in [0.15, 0.2) is 54.6 Å². The summed E-state index contributed by atoms with van der Waals surface area (Å²) < 4.78 is 0. The molecule has 0 bridgehead atoms. The highest BCUT2D eigenvalue weighted by Crippen LogP contribution is 2.25. The molecule has 158 valence electrons. The van der Waals surface area contributed by atoms with Gasteiger partial charge in [-0.15, -0.1) is 0 Å². The Morgan fingerprint density at radius 3 is 1.19 bits per heavy atom. The number of aromatic carboxylic acids is 1. The van der Waals surface area contributed by atoms with Crippen molar-refractivity contribution in [3.63, 3.8) is 0 Å². The quantitative estimate of drug-likeness (QED) is 0.327. The molecule has 0 aliphatic rings. The summed E-state index contributed by atoms with van der Waals surface area (Å²) in [7, 11) is 0. The second-order valence-electron chi connectivity index (χ2n) is 6.49. The molecule has 0 unspecified atom stereocenters. The first-order valence-electron chi connectivity index (χ1n) is 8.68. The van der Waals surface area contributed by atoms with Gasteiger partial charge in [0.2, 0.25) is 0 Å². The number of phenolic OH excluding ortho intramolecular Hbond substituents is 4. The minimum Gasteiger partial charge on any atom is -0.508 e. The number of benzene rings is 3. The fourth-order valence-electron chi connectivity index (χ4n) is 2.75. The highest BCUT2D eigenvalue weighted by molar-refractivity contribution is 6.08. The second kappa shape index (κ2) is 8.33. The van der Waals surface area contributed by atoms with Crippen molar-refractivity contribution in [1.82, 2.24) is 0 Å². The largest absolute Gasteiger partial charge is 0.508 e. The molecule has 0 aromatic heterocycles. The number of hydrogen-bond acceptors (Lipinski definition) is 7. The number of aromatic hydroxyl groups is 4. The molecule has 2 amide bonds. The zero-order valence-corrected chi connectivity index (χ0v) is 15.7. The van der Waals surface area contributed by atoms with Crippen molar-refractivity contribution in [3.05, 3.63) is 71.3 Å². The first-order valence-corrected chi connectivity index (χ1v) is 8.68. The van der Waals surface area contributed by atoms with E-state index in [-0.39, 0.29) is 51.1 Å². The molecular formula is C21H16N2O8. The van der Waals surface area contributed by atoms with Crippen LogP contribution in [0.4, 0.5) is 11.4 Å². The highest BCUT2D eigenvalue weighted by Gasteiger charge is 2.15. The van der Waals surface area contributed by atoms with Gasteiger partial charge >= 0.3 is 5.97 Å². The summed E-state index contributed by atoms with van der Waals surface area (Å²) >= 11 is 0. The Balaban J connectivity index is 1.89. The smallest absolute Gasteiger partial charge is 0.335 e. The van der Waals surface area contributed by atoms with Gasteiger partial charge in [0.05, 0.1) is 5.56 Å². The molecule has 0 atom stereocenters. The Bertz CT molecular complexity index is 1080. The molecule has 10 nitrogen and oxygen atoms in total. The predicted octanol–water partition coefficient (Wildman–Crippen LogP) is 2.71. The lowest BCUT2D eigenvalue weighted by molar-refractivity contribution is 0.0696. The number of carboxylic acid groups (broad SMARTS) is 1. The monoisotopic (exact) mass is 424 g/mol. The van der Waals surface area contributed by atoms with E-state index in [2.05, 4.69) is 10.6 Å². The Labute approximate surface area is 174 Å². The molecule has 0 aliphatic carbocycles. The van der Waals surface area contributed by atoms with Gasteiger partial charge in [0.25, 0.3) is 11.8 Å². The van der Waals surface area contributed by atoms with Gasteiger partial charge in [-0.25, -0.2) is 4.79 Å². The van der Waals surface area contributed by atoms with E-state index in [0.29, 0.717) is 0 Å². The van der Waals surface area contributed by atoms with Crippen molar-refractivity contribution in [1.29, 1.82) is 0 Å². The maximum absolute atomic E-state index is 12.4. The number of nitrogens with one attached hydrogen (secondary N) is 2. The molecule has 0 saturated carbocycles. The molecular weight excluding hydrogens is 408 g/mol. The summed E-state index contributed by atoms with van der Waals surface area (Å²) in [5.41, 5.74) is -0.382. The van der Waals surface area contributed by atoms with Crippen molar-refractivity contribution in [3.8, 4) is 23.0 Å². The normalized spacial score (nSPS) is 10.3. The van der Waals surface area contributed by atoms with Gasteiger partial charge in [-0.05, 0) is 42.5 Å². The van der Waals surface area contributed by atoms with Crippen molar-refractivity contribution in [2.75, 3.05) is 10.6 Å². The first-order chi connectivity index (χ1) is 14.6. The molecule has 0 heterocycles. The molecule has 3 rings (SSSR count). The standard InChI is InChI=1S/C21H16N2O8/c24-15-3-10(4-16(25)8-15)19(28)22-13-1-12(21(30)31)2-14(7-13)23-20(29)11-5-17(26)9-18(27)6-11/h1-9,24-27H,(H,22,28)(H,23,29)(H,30,31). The Hall–Kier alpha value is -4.73. The summed E-state index contributed by atoms with van der Waals surface area (Å²) in [4.78, 5) is 36.2. The molecule has 0 radical (unpaired) electrons. The van der Waals surface area contributed by atoms with E-state index in [1.165, 1.54) is 6.07 Å². The minimum absolute atomic E-state index is 0.0155. The summed E-state index contributed by atoms with van der Waals surface area (Å²) in [6.45, 7) is 0. The Kier molecular flexibility index (Phi) is 5.64. The van der Waals surface area contributed by atoms with Crippen molar-refractivity contribution in [2.45, 2.75) is 0 Å². The van der Waals surface area contributed by atoms with Gasteiger partial charge in [0, 0.05) is 34.6 Å². The van der Waals surface area contributed by atoms with Crippen LogP contribution >= 0.6 is 0 Å². The van der Waals surface area contributed by atoms with Gasteiger partial charge in [-0.2, -0.15) is 0 Å². The van der Waals surface area contributed by atoms with E-state index in [9.17, 15) is 39.9 Å². The molecule has 31 heavy (non-hydrogen) atoms. The summed E-state index contributed by atoms with van der Waals surface area (Å²) in [6, 6.07) is 10.1. The number of anilines is 2. The summed E-state index contributed by atoms with van der Waals surface area (Å²) in [6.07, 6.45) is 0. The van der Waals surface area contributed by atoms with Crippen LogP contribution in [0.5, 0.6) is 23.0 Å². The fourth-order valence-corrected chi connectivity index (χ4v) is 2.75. The Morgan fingerprint density at radius 2 is 0.871 bits per heavy atom. The first kappa shape index (κ1) is 21.0.